The Morgan fingerprint density at radius 3 is 2.95 bits per heavy atom. The molecule has 0 amide bonds. The molecule has 0 bridgehead atoms. The van der Waals surface area contributed by atoms with Crippen LogP contribution in [-0.4, -0.2) is 35.8 Å². The fourth-order valence-electron chi connectivity index (χ4n) is 2.07. The molecule has 0 aliphatic heterocycles. The predicted molar refractivity (Wildman–Crippen MR) is 66.4 cm³/mol. The van der Waals surface area contributed by atoms with Gasteiger partial charge in [-0.25, -0.2) is 9.97 Å². The minimum Gasteiger partial charge on any atom is -0.331 e. The van der Waals surface area contributed by atoms with Gasteiger partial charge in [0.05, 0.1) is 25.2 Å². The predicted octanol–water partition coefficient (Wildman–Crippen LogP) is 1.27. The molecule has 6 nitrogen and oxygen atoms in total. The summed E-state index contributed by atoms with van der Waals surface area (Å²) >= 11 is 0. The molecule has 0 radical (unpaired) electrons. The maximum Gasteiger partial charge on any atom is 0.166 e. The molecular formula is C12H13FN6. The van der Waals surface area contributed by atoms with Crippen molar-refractivity contribution in [3.63, 3.8) is 0 Å². The number of fused-ring (bicyclic) bond motifs is 1. The van der Waals surface area contributed by atoms with Gasteiger partial charge < -0.3 is 4.57 Å². The fourth-order valence-corrected chi connectivity index (χ4v) is 2.07. The van der Waals surface area contributed by atoms with Crippen molar-refractivity contribution in [2.45, 2.75) is 19.4 Å². The van der Waals surface area contributed by atoms with Crippen molar-refractivity contribution in [2.75, 3.05) is 6.67 Å². The summed E-state index contributed by atoms with van der Waals surface area (Å²) in [6.45, 7) is 0.255. The standard InChI is InChI=1S/C12H13FN6/c13-3-1-2-10-11(6-18-5-4-14-7-18)15-8-19-9-16-17-12(10)19/h4-5,7-9H,1-3,6H2. The zero-order valence-corrected chi connectivity index (χ0v) is 10.3. The van der Waals surface area contributed by atoms with E-state index in [9.17, 15) is 4.39 Å². The van der Waals surface area contributed by atoms with Crippen LogP contribution in [0.5, 0.6) is 0 Å². The average Bonchev–Trinajstić information content (AvgIpc) is 3.07. The molecule has 0 aliphatic carbocycles. The largest absolute Gasteiger partial charge is 0.331 e. The van der Waals surface area contributed by atoms with E-state index in [0.29, 0.717) is 19.4 Å². The van der Waals surface area contributed by atoms with E-state index < -0.39 is 0 Å². The molecule has 3 aromatic heterocycles. The minimum absolute atomic E-state index is 0.348. The first-order chi connectivity index (χ1) is 9.38. The number of alkyl halides is 1. The summed E-state index contributed by atoms with van der Waals surface area (Å²) < 4.78 is 16.1. The molecule has 3 rings (SSSR count). The highest BCUT2D eigenvalue weighted by Crippen LogP contribution is 2.15. The Kier molecular flexibility index (Phi) is 3.18. The van der Waals surface area contributed by atoms with E-state index in [0.717, 1.165) is 16.9 Å². The number of rotatable bonds is 5. The van der Waals surface area contributed by atoms with Crippen molar-refractivity contribution in [3.8, 4) is 0 Å². The lowest BCUT2D eigenvalue weighted by molar-refractivity contribution is 0.472. The molecule has 98 valence electrons. The van der Waals surface area contributed by atoms with Crippen molar-refractivity contribution in [1.82, 2.24) is 29.1 Å². The van der Waals surface area contributed by atoms with Crippen molar-refractivity contribution < 1.29 is 4.39 Å². The van der Waals surface area contributed by atoms with Crippen LogP contribution in [0.25, 0.3) is 5.65 Å². The highest BCUT2D eigenvalue weighted by molar-refractivity contribution is 5.48. The molecule has 0 fully saturated rings. The van der Waals surface area contributed by atoms with Gasteiger partial charge in [-0.15, -0.1) is 10.2 Å². The van der Waals surface area contributed by atoms with Crippen molar-refractivity contribution in [2.24, 2.45) is 0 Å². The molecule has 0 atom stereocenters. The number of aryl methyl sites for hydroxylation is 1. The van der Waals surface area contributed by atoms with E-state index in [2.05, 4.69) is 20.2 Å². The average molecular weight is 260 g/mol. The van der Waals surface area contributed by atoms with Crippen LogP contribution >= 0.6 is 0 Å². The zero-order chi connectivity index (χ0) is 13.1. The third kappa shape index (κ3) is 2.31. The second kappa shape index (κ2) is 5.13. The zero-order valence-electron chi connectivity index (χ0n) is 10.3. The Bertz CT molecular complexity index is 660. The summed E-state index contributed by atoms with van der Waals surface area (Å²) in [6, 6.07) is 0. The lowest BCUT2D eigenvalue weighted by atomic mass is 10.1. The van der Waals surface area contributed by atoms with E-state index in [-0.39, 0.29) is 6.67 Å². The number of aromatic nitrogens is 6. The van der Waals surface area contributed by atoms with Gasteiger partial charge in [-0.1, -0.05) is 0 Å². The van der Waals surface area contributed by atoms with Gasteiger partial charge in [0.15, 0.2) is 5.65 Å². The molecule has 0 N–H and O–H groups in total. The minimum atomic E-state index is -0.348. The lowest BCUT2D eigenvalue weighted by Gasteiger charge is -2.09. The number of imidazole rings is 1. The maximum absolute atomic E-state index is 12.4. The fraction of sp³-hybridized carbons (Fsp3) is 0.333. The number of hydrogen-bond donors (Lipinski definition) is 0. The van der Waals surface area contributed by atoms with Gasteiger partial charge in [0.25, 0.3) is 0 Å². The smallest absolute Gasteiger partial charge is 0.166 e. The van der Waals surface area contributed by atoms with E-state index in [1.165, 1.54) is 0 Å². The van der Waals surface area contributed by atoms with Gasteiger partial charge in [-0.3, -0.25) is 8.79 Å². The molecule has 3 aromatic rings. The van der Waals surface area contributed by atoms with Crippen molar-refractivity contribution in [3.05, 3.63) is 42.6 Å². The Morgan fingerprint density at radius 2 is 2.16 bits per heavy atom. The van der Waals surface area contributed by atoms with Gasteiger partial charge in [0, 0.05) is 18.0 Å². The first-order valence-electron chi connectivity index (χ1n) is 6.06. The van der Waals surface area contributed by atoms with Crippen LogP contribution in [0.3, 0.4) is 0 Å². The highest BCUT2D eigenvalue weighted by atomic mass is 19.1. The van der Waals surface area contributed by atoms with E-state index in [1.807, 2.05) is 10.8 Å². The quantitative estimate of drug-likeness (QED) is 0.693. The molecule has 0 aromatic carbocycles. The van der Waals surface area contributed by atoms with E-state index >= 15 is 0 Å². The van der Waals surface area contributed by atoms with E-state index in [1.54, 1.807) is 29.6 Å². The molecule has 19 heavy (non-hydrogen) atoms. The van der Waals surface area contributed by atoms with Crippen molar-refractivity contribution >= 4 is 5.65 Å². The summed E-state index contributed by atoms with van der Waals surface area (Å²) in [5.74, 6) is 0. The van der Waals surface area contributed by atoms with Gasteiger partial charge in [0.2, 0.25) is 0 Å². The monoisotopic (exact) mass is 260 g/mol. The van der Waals surface area contributed by atoms with Crippen molar-refractivity contribution in [1.29, 1.82) is 0 Å². The van der Waals surface area contributed by atoms with Crippen LogP contribution in [0.15, 0.2) is 31.4 Å². The highest BCUT2D eigenvalue weighted by Gasteiger charge is 2.11. The third-order valence-electron chi connectivity index (χ3n) is 2.98. The van der Waals surface area contributed by atoms with Crippen LogP contribution in [0.2, 0.25) is 0 Å². The number of hydrogen-bond acceptors (Lipinski definition) is 4. The Labute approximate surface area is 108 Å². The topological polar surface area (TPSA) is 60.9 Å². The molecule has 0 saturated carbocycles. The van der Waals surface area contributed by atoms with Gasteiger partial charge >= 0.3 is 0 Å². The summed E-state index contributed by atoms with van der Waals surface area (Å²) in [6.07, 6.45) is 9.67. The summed E-state index contributed by atoms with van der Waals surface area (Å²) in [5, 5.41) is 7.96. The first kappa shape index (κ1) is 11.8. The number of nitrogens with zero attached hydrogens (tertiary/aromatic N) is 6. The van der Waals surface area contributed by atoms with Crippen LogP contribution in [0.4, 0.5) is 4.39 Å². The number of halogens is 1. The van der Waals surface area contributed by atoms with Gasteiger partial charge in [0.1, 0.15) is 12.7 Å². The molecule has 0 spiro atoms. The Balaban J connectivity index is 2.01. The molecule has 0 saturated heterocycles. The van der Waals surface area contributed by atoms with E-state index in [4.69, 9.17) is 0 Å². The van der Waals surface area contributed by atoms with Crippen LogP contribution < -0.4 is 0 Å². The SMILES string of the molecule is FCCCc1c(Cn2ccnc2)ncn2cnnc12. The van der Waals surface area contributed by atoms with Crippen LogP contribution in [0, 0.1) is 0 Å². The maximum atomic E-state index is 12.4. The molecular weight excluding hydrogens is 247 g/mol. The molecule has 0 unspecified atom stereocenters. The summed E-state index contributed by atoms with van der Waals surface area (Å²) in [7, 11) is 0. The lowest BCUT2D eigenvalue weighted by Crippen LogP contribution is -2.07. The van der Waals surface area contributed by atoms with Crippen LogP contribution in [0.1, 0.15) is 17.7 Å². The first-order valence-corrected chi connectivity index (χ1v) is 6.06. The van der Waals surface area contributed by atoms with Gasteiger partial charge in [-0.2, -0.15) is 0 Å². The second-order valence-electron chi connectivity index (χ2n) is 4.26. The third-order valence-corrected chi connectivity index (χ3v) is 2.98. The van der Waals surface area contributed by atoms with Crippen LogP contribution in [-0.2, 0) is 13.0 Å². The molecule has 3 heterocycles. The molecule has 0 aliphatic rings. The van der Waals surface area contributed by atoms with Gasteiger partial charge in [-0.05, 0) is 12.8 Å². The Morgan fingerprint density at radius 1 is 1.21 bits per heavy atom. The molecule has 7 heteroatoms. The Hall–Kier alpha value is -2.31. The summed E-state index contributed by atoms with van der Waals surface area (Å²) in [5.41, 5.74) is 2.58. The normalized spacial score (nSPS) is 11.2. The summed E-state index contributed by atoms with van der Waals surface area (Å²) in [4.78, 5) is 8.42. The second-order valence-corrected chi connectivity index (χ2v) is 4.26.